The van der Waals surface area contributed by atoms with E-state index in [4.69, 9.17) is 28.3 Å². The van der Waals surface area contributed by atoms with Gasteiger partial charge in [0.1, 0.15) is 18.8 Å². The van der Waals surface area contributed by atoms with Gasteiger partial charge in [0, 0.05) is 25.7 Å². The summed E-state index contributed by atoms with van der Waals surface area (Å²) in [6, 6.07) is 7.32. The lowest BCUT2D eigenvalue weighted by atomic mass is 9.95. The minimum Gasteiger partial charge on any atom is -1.00 e. The molecule has 0 bridgehead atoms. The summed E-state index contributed by atoms with van der Waals surface area (Å²) in [5.41, 5.74) is 4.49. The Balaban J connectivity index is 0.00000272. The number of quaternary nitrogens is 1. The summed E-state index contributed by atoms with van der Waals surface area (Å²) < 4.78 is 1.57. The molecule has 10 heteroatoms. The highest BCUT2D eigenvalue weighted by Gasteiger charge is 2.42. The largest absolute Gasteiger partial charge is 1.00 e. The number of likely N-dealkylation sites (tertiary alicyclic amines) is 1. The van der Waals surface area contributed by atoms with Gasteiger partial charge >= 0.3 is 5.91 Å². The number of carbonyl (C=O) groups is 1. The number of piperidine rings is 1. The quantitative estimate of drug-likeness (QED) is 0.406. The molecule has 0 spiro atoms. The second-order valence-electron chi connectivity index (χ2n) is 8.17. The number of amides is 1. The van der Waals surface area contributed by atoms with Gasteiger partial charge in [-0.15, -0.1) is 11.3 Å². The predicted octanol–water partition coefficient (Wildman–Crippen LogP) is 3.04. The fourth-order valence-corrected chi connectivity index (χ4v) is 6.36. The number of halogens is 4. The van der Waals surface area contributed by atoms with Crippen molar-refractivity contribution in [3.8, 4) is 0 Å². The van der Waals surface area contributed by atoms with E-state index < -0.39 is 0 Å². The Morgan fingerprint density at radius 2 is 1.97 bits per heavy atom. The van der Waals surface area contributed by atoms with Gasteiger partial charge in [0.05, 0.1) is 23.8 Å². The van der Waals surface area contributed by atoms with E-state index in [9.17, 15) is 4.79 Å². The second kappa shape index (κ2) is 10.3. The number of hydrazone groups is 1. The van der Waals surface area contributed by atoms with Crippen LogP contribution in [0.4, 0.5) is 5.69 Å². The molecule has 31 heavy (non-hydrogen) atoms. The van der Waals surface area contributed by atoms with E-state index in [0.717, 1.165) is 41.0 Å². The summed E-state index contributed by atoms with van der Waals surface area (Å²) in [4.78, 5) is 14.4. The molecule has 0 unspecified atom stereocenters. The number of hydrogen-bond acceptors (Lipinski definition) is 4. The van der Waals surface area contributed by atoms with Crippen LogP contribution >= 0.6 is 50.5 Å². The summed E-state index contributed by atoms with van der Waals surface area (Å²) in [7, 11) is 2.08. The Labute approximate surface area is 222 Å². The Hall–Kier alpha value is -0.390. The average Bonchev–Trinajstić information content (AvgIpc) is 3.25. The zero-order chi connectivity index (χ0) is 21.5. The summed E-state index contributed by atoms with van der Waals surface area (Å²) in [5, 5.41) is 9.77. The third-order valence-electron chi connectivity index (χ3n) is 5.83. The predicted molar refractivity (Wildman–Crippen MR) is 128 cm³/mol. The van der Waals surface area contributed by atoms with Gasteiger partial charge < -0.3 is 24.0 Å². The normalized spacial score (nSPS) is 22.6. The smallest absolute Gasteiger partial charge is 0.312 e. The summed E-state index contributed by atoms with van der Waals surface area (Å²) in [6.07, 6.45) is 3.47. The highest BCUT2D eigenvalue weighted by molar-refractivity contribution is 9.10. The molecule has 1 N–H and O–H groups in total. The number of anilines is 1. The molecule has 1 saturated heterocycles. The third-order valence-corrected chi connectivity index (χ3v) is 8.13. The molecular weight excluding hydrogens is 634 g/mol. The van der Waals surface area contributed by atoms with E-state index in [0.29, 0.717) is 20.3 Å². The fraction of sp³-hybridized carbons (Fsp3) is 0.429. The molecule has 1 aromatic carbocycles. The summed E-state index contributed by atoms with van der Waals surface area (Å²) >= 11 is 17.8. The van der Waals surface area contributed by atoms with Gasteiger partial charge in [-0.05, 0) is 59.5 Å². The lowest BCUT2D eigenvalue weighted by Gasteiger charge is -2.36. The number of nitrogens with one attached hydrogen (secondary N) is 1. The van der Waals surface area contributed by atoms with Crippen LogP contribution in [0.2, 0.25) is 10.0 Å². The van der Waals surface area contributed by atoms with Crippen LogP contribution in [0.5, 0.6) is 0 Å². The summed E-state index contributed by atoms with van der Waals surface area (Å²) in [5.74, 6) is -0.209. The van der Waals surface area contributed by atoms with E-state index in [2.05, 4.69) is 41.4 Å². The van der Waals surface area contributed by atoms with Gasteiger partial charge in [0.15, 0.2) is 0 Å². The first-order valence-electron chi connectivity index (χ1n) is 10.0. The molecule has 2 aliphatic heterocycles. The Bertz CT molecular complexity index is 996. The number of benzene rings is 1. The van der Waals surface area contributed by atoms with E-state index in [1.165, 1.54) is 6.42 Å². The SMILES string of the molecule is C[C@H]1C(C(=O)N[N+]2(C)CCCCC2)=NN(c2ccc(Cl)cc2Cl)[C@H]1c1cc(Br)cs1.[I-]. The van der Waals surface area contributed by atoms with E-state index in [1.54, 1.807) is 23.5 Å². The first-order chi connectivity index (χ1) is 14.3. The number of rotatable bonds is 4. The average molecular weight is 658 g/mol. The number of thiophene rings is 1. The van der Waals surface area contributed by atoms with Gasteiger partial charge in [0.25, 0.3) is 0 Å². The molecule has 168 valence electrons. The molecule has 2 atom stereocenters. The molecule has 1 aromatic heterocycles. The van der Waals surface area contributed by atoms with Crippen molar-refractivity contribution in [2.24, 2.45) is 11.0 Å². The van der Waals surface area contributed by atoms with Gasteiger partial charge in [-0.3, -0.25) is 9.80 Å². The Morgan fingerprint density at radius 3 is 2.58 bits per heavy atom. The van der Waals surface area contributed by atoms with Crippen molar-refractivity contribution >= 4 is 67.8 Å². The van der Waals surface area contributed by atoms with Gasteiger partial charge in [-0.1, -0.05) is 30.1 Å². The summed E-state index contributed by atoms with van der Waals surface area (Å²) in [6.45, 7) is 3.94. The van der Waals surface area contributed by atoms with Crippen LogP contribution in [-0.2, 0) is 4.79 Å². The molecule has 0 radical (unpaired) electrons. The molecule has 2 aliphatic rings. The van der Waals surface area contributed by atoms with Crippen LogP contribution in [0.25, 0.3) is 0 Å². The van der Waals surface area contributed by atoms with E-state index in [1.807, 2.05) is 16.5 Å². The zero-order valence-corrected chi connectivity index (χ0v) is 23.3. The van der Waals surface area contributed by atoms with Crippen molar-refractivity contribution in [1.29, 1.82) is 0 Å². The molecule has 1 amide bonds. The van der Waals surface area contributed by atoms with Crippen LogP contribution in [0, 0.1) is 5.92 Å². The number of nitrogens with zero attached hydrogens (tertiary/aromatic N) is 3. The molecule has 3 heterocycles. The van der Waals surface area contributed by atoms with Crippen molar-refractivity contribution in [2.75, 3.05) is 25.1 Å². The van der Waals surface area contributed by atoms with Crippen molar-refractivity contribution in [1.82, 2.24) is 5.43 Å². The molecular formula is C21H24BrCl2IN4OS. The van der Waals surface area contributed by atoms with Crippen LogP contribution in [0.3, 0.4) is 0 Å². The maximum Gasteiger partial charge on any atom is 0.312 e. The monoisotopic (exact) mass is 656 g/mol. The minimum absolute atomic E-state index is 0. The highest BCUT2D eigenvalue weighted by atomic mass is 127. The van der Waals surface area contributed by atoms with Crippen LogP contribution in [-0.4, -0.2) is 36.3 Å². The number of hydrogen-bond donors (Lipinski definition) is 1. The van der Waals surface area contributed by atoms with E-state index >= 15 is 0 Å². The van der Waals surface area contributed by atoms with Crippen molar-refractivity contribution in [3.05, 3.63) is 49.0 Å². The van der Waals surface area contributed by atoms with Crippen molar-refractivity contribution < 1.29 is 33.4 Å². The fourth-order valence-electron chi connectivity index (χ4n) is 4.23. The van der Waals surface area contributed by atoms with Crippen molar-refractivity contribution in [3.63, 3.8) is 0 Å². The molecule has 0 aliphatic carbocycles. The lowest BCUT2D eigenvalue weighted by molar-refractivity contribution is -0.947. The maximum atomic E-state index is 13.3. The third kappa shape index (κ3) is 5.41. The topological polar surface area (TPSA) is 44.7 Å². The standard InChI is InChI=1S/C21H23BrCl2N4OS.HI/c1-13-19(21(29)26-28(2)8-4-3-5-9-28)25-27(17-7-6-15(23)11-16(17)24)20(13)18-10-14(22)12-30-18;/h6-7,10-13,20H,3-5,8-9H2,1-2H3;1H/t13-,20+;/m0./s1. The first kappa shape index (κ1) is 25.2. The molecule has 0 saturated carbocycles. The molecule has 1 fully saturated rings. The highest BCUT2D eigenvalue weighted by Crippen LogP contribution is 2.44. The van der Waals surface area contributed by atoms with Crippen LogP contribution in [0.1, 0.15) is 37.1 Å². The lowest BCUT2D eigenvalue weighted by Crippen LogP contribution is -3.00. The zero-order valence-electron chi connectivity index (χ0n) is 17.2. The van der Waals surface area contributed by atoms with Gasteiger partial charge in [-0.2, -0.15) is 10.5 Å². The first-order valence-corrected chi connectivity index (χ1v) is 12.4. The minimum atomic E-state index is -0.118. The van der Waals surface area contributed by atoms with Crippen LogP contribution in [0.15, 0.2) is 39.2 Å². The van der Waals surface area contributed by atoms with Crippen LogP contribution < -0.4 is 34.4 Å². The molecule has 5 nitrogen and oxygen atoms in total. The van der Waals surface area contributed by atoms with Crippen molar-refractivity contribution in [2.45, 2.75) is 32.2 Å². The molecule has 4 rings (SSSR count). The maximum absolute atomic E-state index is 13.3. The molecule has 2 aromatic rings. The number of carbonyl (C=O) groups excluding carboxylic acids is 1. The van der Waals surface area contributed by atoms with Gasteiger partial charge in [0.2, 0.25) is 0 Å². The van der Waals surface area contributed by atoms with Gasteiger partial charge in [-0.25, -0.2) is 4.59 Å². The Kier molecular flexibility index (Phi) is 8.35. The van der Waals surface area contributed by atoms with E-state index in [-0.39, 0.29) is 41.8 Å². The second-order valence-corrected chi connectivity index (χ2v) is 10.9. The Morgan fingerprint density at radius 1 is 1.26 bits per heavy atom.